The van der Waals surface area contributed by atoms with Gasteiger partial charge in [0.25, 0.3) is 5.69 Å². The van der Waals surface area contributed by atoms with E-state index in [1.165, 1.54) is 19.2 Å². The van der Waals surface area contributed by atoms with Crippen LogP contribution in [0.3, 0.4) is 0 Å². The molecule has 0 aliphatic rings. The number of hydrogen-bond acceptors (Lipinski definition) is 6. The summed E-state index contributed by atoms with van der Waals surface area (Å²) >= 11 is 1.63. The molecule has 0 bridgehead atoms. The Labute approximate surface area is 173 Å². The minimum absolute atomic E-state index is 0.0487. The van der Waals surface area contributed by atoms with Gasteiger partial charge in [0.05, 0.1) is 29.0 Å². The van der Waals surface area contributed by atoms with Crippen molar-refractivity contribution in [1.29, 1.82) is 0 Å². The lowest BCUT2D eigenvalue weighted by Gasteiger charge is -2.06. The highest BCUT2D eigenvalue weighted by atomic mass is 32.2. The molecule has 29 heavy (non-hydrogen) atoms. The van der Waals surface area contributed by atoms with E-state index in [1.807, 2.05) is 45.2 Å². The van der Waals surface area contributed by atoms with Crippen molar-refractivity contribution in [3.05, 3.63) is 81.7 Å². The Morgan fingerprint density at radius 3 is 2.45 bits per heavy atom. The van der Waals surface area contributed by atoms with Gasteiger partial charge in [0.1, 0.15) is 0 Å². The third-order valence-electron chi connectivity index (χ3n) is 3.94. The van der Waals surface area contributed by atoms with Gasteiger partial charge < -0.3 is 4.74 Å². The van der Waals surface area contributed by atoms with Crippen LogP contribution >= 0.6 is 11.8 Å². The molecule has 0 N–H and O–H groups in total. The molecule has 0 spiro atoms. The zero-order valence-corrected chi connectivity index (χ0v) is 17.6. The number of methoxy groups -OCH3 is 1. The van der Waals surface area contributed by atoms with Gasteiger partial charge in [0.2, 0.25) is 0 Å². The molecule has 0 saturated heterocycles. The predicted octanol–water partition coefficient (Wildman–Crippen LogP) is 5.19. The van der Waals surface area contributed by atoms with Crippen LogP contribution in [0.5, 0.6) is 0 Å². The van der Waals surface area contributed by atoms with Crippen LogP contribution in [0.15, 0.2) is 59.6 Å². The molecule has 1 heterocycles. The molecular weight excluding hydrogens is 390 g/mol. The molecule has 3 aromatic rings. The quantitative estimate of drug-likeness (QED) is 0.239. The zero-order valence-electron chi connectivity index (χ0n) is 16.8. The van der Waals surface area contributed by atoms with Gasteiger partial charge in [-0.2, -0.15) is 5.10 Å². The van der Waals surface area contributed by atoms with Gasteiger partial charge in [-0.15, -0.1) is 11.8 Å². The molecule has 0 fully saturated rings. The minimum Gasteiger partial charge on any atom is -0.465 e. The molecule has 0 radical (unpaired) electrons. The summed E-state index contributed by atoms with van der Waals surface area (Å²) in [6.45, 7) is 5.95. The number of nitro groups is 1. The average molecular weight is 413 g/mol. The molecule has 0 saturated carbocycles. The van der Waals surface area contributed by atoms with Crippen molar-refractivity contribution in [2.75, 3.05) is 7.11 Å². The van der Waals surface area contributed by atoms with Crippen molar-refractivity contribution in [3.63, 3.8) is 0 Å². The van der Waals surface area contributed by atoms with E-state index in [2.05, 4.69) is 5.10 Å². The first-order valence-corrected chi connectivity index (χ1v) is 10.1. The van der Waals surface area contributed by atoms with Crippen LogP contribution in [-0.4, -0.2) is 27.8 Å². The molecule has 0 unspecified atom stereocenters. The van der Waals surface area contributed by atoms with Gasteiger partial charge in [-0.3, -0.25) is 10.1 Å². The number of thioether (sulfide) groups is 1. The fourth-order valence-electron chi connectivity index (χ4n) is 2.52. The van der Waals surface area contributed by atoms with Gasteiger partial charge >= 0.3 is 5.97 Å². The number of aromatic nitrogens is 2. The first kappa shape index (κ1) is 22.2. The van der Waals surface area contributed by atoms with Gasteiger partial charge in [0.15, 0.2) is 0 Å². The maximum atomic E-state index is 11.6. The fourth-order valence-corrected chi connectivity index (χ4v) is 3.43. The molecule has 3 rings (SSSR count). The Morgan fingerprint density at radius 1 is 1.17 bits per heavy atom. The van der Waals surface area contributed by atoms with Crippen molar-refractivity contribution in [1.82, 2.24) is 9.78 Å². The number of aryl methyl sites for hydroxylation is 1. The van der Waals surface area contributed by atoms with Crippen LogP contribution in [-0.2, 0) is 10.5 Å². The number of carbonyl (C=O) groups is 1. The summed E-state index contributed by atoms with van der Waals surface area (Å²) in [6, 6.07) is 13.6. The summed E-state index contributed by atoms with van der Waals surface area (Å²) in [5.74, 6) is 0.315. The Hall–Kier alpha value is -3.13. The number of nitro benzene ring substituents is 1. The van der Waals surface area contributed by atoms with Crippen molar-refractivity contribution >= 4 is 23.4 Å². The summed E-state index contributed by atoms with van der Waals surface area (Å²) in [5, 5.41) is 15.2. The maximum absolute atomic E-state index is 11.6. The van der Waals surface area contributed by atoms with Crippen LogP contribution in [0.1, 0.15) is 35.5 Å². The fraction of sp³-hybridized carbons (Fsp3) is 0.238. The monoisotopic (exact) mass is 413 g/mol. The minimum atomic E-state index is -0.428. The summed E-state index contributed by atoms with van der Waals surface area (Å²) in [4.78, 5) is 22.9. The van der Waals surface area contributed by atoms with Gasteiger partial charge in [-0.1, -0.05) is 13.8 Å². The molecule has 0 atom stereocenters. The van der Waals surface area contributed by atoms with E-state index in [-0.39, 0.29) is 11.7 Å². The number of non-ortho nitro benzene ring substituents is 1. The third kappa shape index (κ3) is 5.68. The first-order valence-electron chi connectivity index (χ1n) is 9.09. The topological polar surface area (TPSA) is 87.3 Å². The van der Waals surface area contributed by atoms with E-state index in [0.29, 0.717) is 11.3 Å². The van der Waals surface area contributed by atoms with Gasteiger partial charge in [0, 0.05) is 29.0 Å². The summed E-state index contributed by atoms with van der Waals surface area (Å²) in [5.41, 5.74) is 3.22. The molecule has 0 aliphatic heterocycles. The predicted molar refractivity (Wildman–Crippen MR) is 114 cm³/mol. The Kier molecular flexibility index (Phi) is 7.97. The van der Waals surface area contributed by atoms with Crippen LogP contribution in [0.4, 0.5) is 5.69 Å². The standard InChI is InChI=1S/C19H17N3O4S.C2H6/c1-13-11-14(19(23)26-2)3-8-18(13)27-12-15-9-10-21(20-15)16-4-6-17(7-5-16)22(24)25;1-2/h3-11H,12H2,1-2H3;1-2H3. The lowest BCUT2D eigenvalue weighted by Crippen LogP contribution is -2.01. The number of nitrogens with zero attached hydrogens (tertiary/aromatic N) is 3. The highest BCUT2D eigenvalue weighted by Gasteiger charge is 2.10. The maximum Gasteiger partial charge on any atom is 0.337 e. The van der Waals surface area contributed by atoms with Gasteiger partial charge in [-0.25, -0.2) is 9.48 Å². The summed E-state index contributed by atoms with van der Waals surface area (Å²) in [7, 11) is 1.36. The third-order valence-corrected chi connectivity index (χ3v) is 5.15. The summed E-state index contributed by atoms with van der Waals surface area (Å²) in [6.07, 6.45) is 1.82. The molecule has 8 heteroatoms. The number of benzene rings is 2. The molecule has 2 aromatic carbocycles. The highest BCUT2D eigenvalue weighted by Crippen LogP contribution is 2.27. The van der Waals surface area contributed by atoms with E-state index in [9.17, 15) is 14.9 Å². The number of rotatable bonds is 6. The molecule has 1 aromatic heterocycles. The number of esters is 1. The Bertz CT molecular complexity index is 984. The highest BCUT2D eigenvalue weighted by molar-refractivity contribution is 7.98. The van der Waals surface area contributed by atoms with E-state index in [4.69, 9.17) is 4.74 Å². The first-order chi connectivity index (χ1) is 14.0. The zero-order chi connectivity index (χ0) is 21.4. The molecule has 7 nitrogen and oxygen atoms in total. The van der Waals surface area contributed by atoms with E-state index < -0.39 is 4.92 Å². The average Bonchev–Trinajstić information content (AvgIpc) is 3.22. The van der Waals surface area contributed by atoms with E-state index in [1.54, 1.807) is 34.6 Å². The molecule has 0 aliphatic carbocycles. The van der Waals surface area contributed by atoms with Crippen LogP contribution in [0, 0.1) is 17.0 Å². The normalized spacial score (nSPS) is 10.1. The second-order valence-corrected chi connectivity index (χ2v) is 6.80. The largest absolute Gasteiger partial charge is 0.465 e. The lowest BCUT2D eigenvalue weighted by atomic mass is 10.1. The number of hydrogen-bond donors (Lipinski definition) is 0. The Morgan fingerprint density at radius 2 is 1.86 bits per heavy atom. The van der Waals surface area contributed by atoms with Crippen LogP contribution in [0.25, 0.3) is 5.69 Å². The van der Waals surface area contributed by atoms with Crippen molar-refractivity contribution in [2.45, 2.75) is 31.4 Å². The number of carbonyl (C=O) groups excluding carboxylic acids is 1. The summed E-state index contributed by atoms with van der Waals surface area (Å²) < 4.78 is 6.42. The second kappa shape index (κ2) is 10.4. The second-order valence-electron chi connectivity index (χ2n) is 5.79. The lowest BCUT2D eigenvalue weighted by molar-refractivity contribution is -0.384. The molecule has 0 amide bonds. The van der Waals surface area contributed by atoms with Crippen molar-refractivity contribution in [2.24, 2.45) is 0 Å². The van der Waals surface area contributed by atoms with E-state index in [0.717, 1.165) is 21.8 Å². The molecular formula is C21H23N3O4S. The van der Waals surface area contributed by atoms with Crippen LogP contribution < -0.4 is 0 Å². The van der Waals surface area contributed by atoms with Crippen LogP contribution in [0.2, 0.25) is 0 Å². The van der Waals surface area contributed by atoms with Crippen molar-refractivity contribution < 1.29 is 14.5 Å². The smallest absolute Gasteiger partial charge is 0.337 e. The Balaban J connectivity index is 0.00000145. The SMILES string of the molecule is CC.COC(=O)c1ccc(SCc2ccn(-c3ccc([N+](=O)[O-])cc3)n2)c(C)c1. The van der Waals surface area contributed by atoms with E-state index >= 15 is 0 Å². The van der Waals surface area contributed by atoms with Gasteiger partial charge in [-0.05, 0) is 48.9 Å². The number of ether oxygens (including phenoxy) is 1. The molecule has 152 valence electrons. The van der Waals surface area contributed by atoms with Crippen molar-refractivity contribution in [3.8, 4) is 5.69 Å².